The molecule has 3 aliphatic rings. The van der Waals surface area contributed by atoms with E-state index in [-0.39, 0.29) is 12.0 Å². The third-order valence-corrected chi connectivity index (χ3v) is 8.44. The van der Waals surface area contributed by atoms with E-state index in [9.17, 15) is 4.79 Å². The van der Waals surface area contributed by atoms with Gasteiger partial charge in [0.25, 0.3) is 5.91 Å². The van der Waals surface area contributed by atoms with Crippen molar-refractivity contribution in [3.8, 4) is 0 Å². The first-order valence-corrected chi connectivity index (χ1v) is 13.8. The van der Waals surface area contributed by atoms with Crippen LogP contribution in [0.2, 0.25) is 0 Å². The number of methoxy groups -OCH3 is 1. The number of anilines is 1. The van der Waals surface area contributed by atoms with Crippen LogP contribution in [0.5, 0.6) is 0 Å². The molecule has 2 aromatic rings. The number of amides is 1. The average molecular weight is 508 g/mol. The summed E-state index contributed by atoms with van der Waals surface area (Å²) in [6, 6.07) is 9.64. The molecule has 4 heterocycles. The van der Waals surface area contributed by atoms with E-state index in [1.807, 2.05) is 11.8 Å². The fraction of sp³-hybridized carbons (Fsp3) is 0.621. The number of ether oxygens (including phenoxy) is 2. The molecule has 1 aromatic heterocycles. The van der Waals surface area contributed by atoms with Crippen LogP contribution in [0.15, 0.2) is 30.6 Å². The van der Waals surface area contributed by atoms with Gasteiger partial charge in [0.15, 0.2) is 0 Å². The Morgan fingerprint density at radius 1 is 1.00 bits per heavy atom. The third kappa shape index (κ3) is 5.97. The smallest absolute Gasteiger partial charge is 0.272 e. The van der Waals surface area contributed by atoms with Crippen LogP contribution >= 0.6 is 0 Å². The Labute approximate surface area is 220 Å². The number of aryl methyl sites for hydroxylation is 1. The van der Waals surface area contributed by atoms with Gasteiger partial charge in [-0.25, -0.2) is 9.97 Å². The monoisotopic (exact) mass is 507 g/mol. The number of hydrogen-bond acceptors (Lipinski definition) is 7. The molecule has 0 saturated carbocycles. The first-order chi connectivity index (χ1) is 18.0. The molecule has 0 radical (unpaired) electrons. The Kier molecular flexibility index (Phi) is 8.37. The zero-order valence-electron chi connectivity index (χ0n) is 22.5. The van der Waals surface area contributed by atoms with Crippen molar-refractivity contribution in [1.82, 2.24) is 20.2 Å². The molecule has 2 unspecified atom stereocenters. The largest absolute Gasteiger partial charge is 0.379 e. The predicted molar refractivity (Wildman–Crippen MR) is 144 cm³/mol. The van der Waals surface area contributed by atoms with Gasteiger partial charge < -0.3 is 24.6 Å². The van der Waals surface area contributed by atoms with Crippen molar-refractivity contribution in [2.45, 2.75) is 70.1 Å². The molecule has 1 amide bonds. The van der Waals surface area contributed by atoms with E-state index in [0.29, 0.717) is 30.3 Å². The Balaban J connectivity index is 1.17. The fourth-order valence-corrected chi connectivity index (χ4v) is 6.08. The zero-order valence-corrected chi connectivity index (χ0v) is 22.5. The molecule has 5 rings (SSSR count). The summed E-state index contributed by atoms with van der Waals surface area (Å²) in [6.45, 7) is 8.89. The highest BCUT2D eigenvalue weighted by molar-refractivity contribution is 5.94. The maximum Gasteiger partial charge on any atom is 0.272 e. The molecule has 2 atom stereocenters. The van der Waals surface area contributed by atoms with Crippen LogP contribution in [0.25, 0.3) is 0 Å². The van der Waals surface area contributed by atoms with Gasteiger partial charge in [0.2, 0.25) is 0 Å². The molecule has 0 aliphatic carbocycles. The summed E-state index contributed by atoms with van der Waals surface area (Å²) in [5.41, 5.74) is 4.16. The quantitative estimate of drug-likeness (QED) is 0.641. The van der Waals surface area contributed by atoms with Crippen LogP contribution in [0.4, 0.5) is 5.82 Å². The summed E-state index contributed by atoms with van der Waals surface area (Å²) >= 11 is 0. The van der Waals surface area contributed by atoms with Gasteiger partial charge in [-0.05, 0) is 57.4 Å². The standard InChI is InChI=1S/C29H41N5O3/c1-20-4-6-22(7-5-20)23-8-13-33(14-9-23)28-21(2)27(30-19-31-28)29(35)34-15-10-24(11-16-34)32-25-12-17-37-18-26(25)36-3/h4-7,19,23-26,32H,8-18H2,1-3H3. The number of benzene rings is 1. The molecule has 3 aliphatic heterocycles. The predicted octanol–water partition coefficient (Wildman–Crippen LogP) is 3.48. The molecule has 37 heavy (non-hydrogen) atoms. The summed E-state index contributed by atoms with van der Waals surface area (Å²) in [7, 11) is 1.75. The van der Waals surface area contributed by atoms with Gasteiger partial charge in [0.1, 0.15) is 17.8 Å². The lowest BCUT2D eigenvalue weighted by Gasteiger charge is -2.38. The van der Waals surface area contributed by atoms with Crippen LogP contribution in [0, 0.1) is 13.8 Å². The molecule has 200 valence electrons. The number of nitrogens with one attached hydrogen (secondary N) is 1. The second-order valence-electron chi connectivity index (χ2n) is 10.8. The lowest BCUT2D eigenvalue weighted by molar-refractivity contribution is -0.0533. The third-order valence-electron chi connectivity index (χ3n) is 8.44. The van der Waals surface area contributed by atoms with Crippen LogP contribution < -0.4 is 10.2 Å². The average Bonchev–Trinajstić information content (AvgIpc) is 2.94. The van der Waals surface area contributed by atoms with Gasteiger partial charge in [-0.3, -0.25) is 4.79 Å². The van der Waals surface area contributed by atoms with Crippen molar-refractivity contribution in [2.24, 2.45) is 0 Å². The van der Waals surface area contributed by atoms with Crippen molar-refractivity contribution in [2.75, 3.05) is 51.4 Å². The molecule has 1 aromatic carbocycles. The van der Waals surface area contributed by atoms with Gasteiger partial charge in [-0.1, -0.05) is 29.8 Å². The minimum absolute atomic E-state index is 0.0231. The van der Waals surface area contributed by atoms with Crippen LogP contribution in [-0.2, 0) is 9.47 Å². The van der Waals surface area contributed by atoms with Crippen molar-refractivity contribution >= 4 is 11.7 Å². The van der Waals surface area contributed by atoms with E-state index in [4.69, 9.17) is 9.47 Å². The number of hydrogen-bond donors (Lipinski definition) is 1. The molecular weight excluding hydrogens is 466 g/mol. The van der Waals surface area contributed by atoms with E-state index < -0.39 is 0 Å². The van der Waals surface area contributed by atoms with Crippen molar-refractivity contribution in [3.63, 3.8) is 0 Å². The van der Waals surface area contributed by atoms with E-state index in [1.165, 1.54) is 11.1 Å². The molecule has 0 spiro atoms. The second kappa shape index (κ2) is 11.9. The van der Waals surface area contributed by atoms with E-state index in [1.54, 1.807) is 13.4 Å². The highest BCUT2D eigenvalue weighted by atomic mass is 16.5. The maximum atomic E-state index is 13.5. The van der Waals surface area contributed by atoms with Crippen molar-refractivity contribution in [1.29, 1.82) is 0 Å². The van der Waals surface area contributed by atoms with E-state index in [0.717, 1.165) is 76.3 Å². The Morgan fingerprint density at radius 3 is 2.43 bits per heavy atom. The topological polar surface area (TPSA) is 79.8 Å². The van der Waals surface area contributed by atoms with E-state index >= 15 is 0 Å². The Hall–Kier alpha value is -2.55. The number of carbonyl (C=O) groups is 1. The number of aromatic nitrogens is 2. The second-order valence-corrected chi connectivity index (χ2v) is 10.8. The summed E-state index contributed by atoms with van der Waals surface area (Å²) in [4.78, 5) is 26.8. The van der Waals surface area contributed by atoms with Crippen molar-refractivity contribution in [3.05, 3.63) is 53.0 Å². The molecule has 3 fully saturated rings. The molecule has 3 saturated heterocycles. The Bertz CT molecular complexity index is 1050. The van der Waals surface area contributed by atoms with Crippen molar-refractivity contribution < 1.29 is 14.3 Å². The normalized spacial score (nSPS) is 23.9. The number of nitrogens with zero attached hydrogens (tertiary/aromatic N) is 4. The van der Waals surface area contributed by atoms with Crippen LogP contribution in [-0.4, -0.2) is 85.5 Å². The minimum Gasteiger partial charge on any atom is -0.379 e. The first-order valence-electron chi connectivity index (χ1n) is 13.8. The van der Waals surface area contributed by atoms with Gasteiger partial charge in [0.05, 0.1) is 12.7 Å². The molecule has 8 nitrogen and oxygen atoms in total. The number of carbonyl (C=O) groups excluding carboxylic acids is 1. The molecule has 0 bridgehead atoms. The lowest BCUT2D eigenvalue weighted by Crippen LogP contribution is -2.54. The summed E-state index contributed by atoms with van der Waals surface area (Å²) in [5.74, 6) is 1.51. The fourth-order valence-electron chi connectivity index (χ4n) is 6.08. The van der Waals surface area contributed by atoms with Crippen LogP contribution in [0.1, 0.15) is 65.2 Å². The lowest BCUT2D eigenvalue weighted by atomic mass is 9.89. The molecule has 1 N–H and O–H groups in total. The van der Waals surface area contributed by atoms with Gasteiger partial charge in [-0.15, -0.1) is 0 Å². The minimum atomic E-state index is 0.0231. The first kappa shape index (κ1) is 26.1. The Morgan fingerprint density at radius 2 is 1.73 bits per heavy atom. The number of likely N-dealkylation sites (tertiary alicyclic amines) is 1. The summed E-state index contributed by atoms with van der Waals surface area (Å²) in [6.07, 6.45) is 6.67. The van der Waals surface area contributed by atoms with Crippen LogP contribution in [0.3, 0.4) is 0 Å². The zero-order chi connectivity index (χ0) is 25.8. The SMILES string of the molecule is COC1COCCC1NC1CCN(C(=O)c2ncnc(N3CCC(c4ccc(C)cc4)CC3)c2C)CC1. The van der Waals surface area contributed by atoms with Gasteiger partial charge in [-0.2, -0.15) is 0 Å². The summed E-state index contributed by atoms with van der Waals surface area (Å²) < 4.78 is 11.1. The van der Waals surface area contributed by atoms with Gasteiger partial charge >= 0.3 is 0 Å². The highest BCUT2D eigenvalue weighted by Crippen LogP contribution is 2.31. The molecular formula is C29H41N5O3. The summed E-state index contributed by atoms with van der Waals surface area (Å²) in [5, 5.41) is 3.76. The number of piperidine rings is 2. The molecule has 8 heteroatoms. The van der Waals surface area contributed by atoms with Gasteiger partial charge in [0, 0.05) is 57.5 Å². The maximum absolute atomic E-state index is 13.5. The number of rotatable bonds is 6. The highest BCUT2D eigenvalue weighted by Gasteiger charge is 2.32. The van der Waals surface area contributed by atoms with E-state index in [2.05, 4.69) is 51.4 Å².